The fourth-order valence-corrected chi connectivity index (χ4v) is 9.25. The van der Waals surface area contributed by atoms with Crippen molar-refractivity contribution in [3.8, 4) is 0 Å². The van der Waals surface area contributed by atoms with E-state index in [9.17, 15) is 0 Å². The van der Waals surface area contributed by atoms with Crippen molar-refractivity contribution in [1.82, 2.24) is 58.8 Å². The van der Waals surface area contributed by atoms with Crippen LogP contribution in [0.3, 0.4) is 0 Å². The molecule has 0 unspecified atom stereocenters. The van der Waals surface area contributed by atoms with Gasteiger partial charge in [-0.3, -0.25) is 58.8 Å². The van der Waals surface area contributed by atoms with Gasteiger partial charge >= 0.3 is 0 Å². The first-order valence-corrected chi connectivity index (χ1v) is 21.1. The largest absolute Gasteiger partial charge is 0.277 e. The molecule has 0 N–H and O–H groups in total. The maximum atomic E-state index is 2.74. The van der Waals surface area contributed by atoms with Crippen LogP contribution >= 0.6 is 0 Å². The molecule has 0 saturated carbocycles. The van der Waals surface area contributed by atoms with E-state index in [1.165, 1.54) is 0 Å². The van der Waals surface area contributed by atoms with Gasteiger partial charge < -0.3 is 0 Å². The van der Waals surface area contributed by atoms with Crippen molar-refractivity contribution in [1.29, 1.82) is 0 Å². The van der Waals surface area contributed by atoms with Crippen LogP contribution in [0.2, 0.25) is 0 Å². The Morgan fingerprint density at radius 1 is 0.288 bits per heavy atom. The van der Waals surface area contributed by atoms with Crippen LogP contribution in [0.4, 0.5) is 0 Å². The first kappa shape index (κ1) is 44.2. The topological polar surface area (TPSA) is 38.9 Å². The monoisotopic (exact) mass is 735 g/mol. The highest BCUT2D eigenvalue weighted by molar-refractivity contribution is 4.80. The van der Waals surface area contributed by atoms with Crippen LogP contribution in [0, 0.1) is 35.0 Å². The van der Waals surface area contributed by atoms with Gasteiger partial charge in [0.25, 0.3) is 0 Å². The average molecular weight is 735 g/mol. The second-order valence-electron chi connectivity index (χ2n) is 20.8. The minimum absolute atomic E-state index is 0.286. The Balaban J connectivity index is 1.51. The van der Waals surface area contributed by atoms with E-state index >= 15 is 0 Å². The van der Waals surface area contributed by atoms with Crippen LogP contribution in [-0.2, 0) is 0 Å². The Hall–Kier alpha value is -0.480. The summed E-state index contributed by atoms with van der Waals surface area (Å²) in [5.74, 6) is 3.37. The van der Waals surface area contributed by atoms with E-state index in [2.05, 4.69) is 149 Å². The zero-order valence-corrected chi connectivity index (χ0v) is 36.6. The average Bonchev–Trinajstić information content (AvgIpc) is 2.94. The normalized spacial score (nSPS) is 24.3. The third-order valence-corrected chi connectivity index (χ3v) is 9.81. The number of hydrogen-bond donors (Lipinski definition) is 0. The van der Waals surface area contributed by atoms with Gasteiger partial charge in [0.05, 0.1) is 100 Å². The highest BCUT2D eigenvalue weighted by atomic mass is 15.6. The molecule has 4 aliphatic heterocycles. The van der Waals surface area contributed by atoms with Crippen molar-refractivity contribution < 1.29 is 0 Å². The summed E-state index contributed by atoms with van der Waals surface area (Å²) in [5.41, 5.74) is 0.286. The number of nitrogens with zero attached hydrogens (tertiary/aromatic N) is 12. The minimum atomic E-state index is 0.286. The molecule has 12 nitrogen and oxygen atoms in total. The van der Waals surface area contributed by atoms with Gasteiger partial charge in [0.15, 0.2) is 0 Å². The van der Waals surface area contributed by atoms with Gasteiger partial charge in [0.1, 0.15) is 0 Å². The molecule has 4 heterocycles. The zero-order valence-electron chi connectivity index (χ0n) is 36.6. The molecule has 0 aromatic rings. The van der Waals surface area contributed by atoms with E-state index in [0.29, 0.717) is 29.6 Å². The predicted octanol–water partition coefficient (Wildman–Crippen LogP) is 4.35. The van der Waals surface area contributed by atoms with E-state index in [1.54, 1.807) is 0 Å². The van der Waals surface area contributed by atoms with E-state index in [-0.39, 0.29) is 5.41 Å². The third-order valence-electron chi connectivity index (χ3n) is 9.81. The van der Waals surface area contributed by atoms with Crippen LogP contribution in [0.1, 0.15) is 90.0 Å². The van der Waals surface area contributed by atoms with Gasteiger partial charge in [-0.05, 0) is 35.0 Å². The van der Waals surface area contributed by atoms with Crippen molar-refractivity contribution in [2.24, 2.45) is 35.0 Å². The fourth-order valence-electron chi connectivity index (χ4n) is 9.25. The molecule has 4 saturated heterocycles. The molecule has 12 heteroatoms. The molecule has 0 bridgehead atoms. The molecule has 0 aliphatic carbocycles. The molecule has 0 radical (unpaired) electrons. The summed E-state index contributed by atoms with van der Waals surface area (Å²) in [6.45, 7) is 53.3. The maximum absolute atomic E-state index is 2.74. The quantitative estimate of drug-likeness (QED) is 0.214. The third kappa shape index (κ3) is 16.3. The standard InChI is InChI=1S/C40H86N12/c1-35(2)14-41-20-42(15-36(3)4)24-47(23-41)29-50-32-51(30-48-25-43(16-37(5)6)21-44(26-48)17-38(7)8)34-52(33-50)31-49-27-45(18-39(9)10)22-46(28-49)19-40(11,12)13/h35-39H,14-34H2,1-13H3. The first-order chi connectivity index (χ1) is 24.4. The van der Waals surface area contributed by atoms with Crippen LogP contribution in [0.5, 0.6) is 0 Å². The molecule has 0 amide bonds. The smallest absolute Gasteiger partial charge is 0.0555 e. The molecule has 306 valence electrons. The Kier molecular flexibility index (Phi) is 17.5. The number of hydrogen-bond acceptors (Lipinski definition) is 12. The summed E-state index contributed by atoms with van der Waals surface area (Å²) < 4.78 is 0. The molecule has 4 rings (SSSR count). The summed E-state index contributed by atoms with van der Waals surface area (Å²) in [6, 6.07) is 0. The van der Waals surface area contributed by atoms with Crippen molar-refractivity contribution in [2.45, 2.75) is 90.0 Å². The first-order valence-electron chi connectivity index (χ1n) is 21.1. The summed E-state index contributed by atoms with van der Waals surface area (Å²) >= 11 is 0. The van der Waals surface area contributed by atoms with Gasteiger partial charge in [-0.2, -0.15) is 0 Å². The molecule has 52 heavy (non-hydrogen) atoms. The fraction of sp³-hybridized carbons (Fsp3) is 1.00. The molecule has 0 aromatic carbocycles. The Morgan fingerprint density at radius 3 is 0.673 bits per heavy atom. The highest BCUT2D eigenvalue weighted by Gasteiger charge is 2.34. The molecular formula is C40H86N12. The van der Waals surface area contributed by atoms with Gasteiger partial charge in [0, 0.05) is 39.3 Å². The summed E-state index contributed by atoms with van der Waals surface area (Å²) in [6.07, 6.45) is 0. The van der Waals surface area contributed by atoms with Crippen LogP contribution in [0.15, 0.2) is 0 Å². The Labute approximate surface area is 322 Å². The second-order valence-corrected chi connectivity index (χ2v) is 20.8. The van der Waals surface area contributed by atoms with Crippen molar-refractivity contribution in [3.05, 3.63) is 0 Å². The molecule has 4 fully saturated rings. The van der Waals surface area contributed by atoms with E-state index in [4.69, 9.17) is 0 Å². The van der Waals surface area contributed by atoms with Crippen molar-refractivity contribution in [2.75, 3.05) is 139 Å². The maximum Gasteiger partial charge on any atom is 0.0555 e. The molecule has 0 atom stereocenters. The van der Waals surface area contributed by atoms with Gasteiger partial charge in [-0.1, -0.05) is 90.0 Å². The Morgan fingerprint density at radius 2 is 0.462 bits per heavy atom. The van der Waals surface area contributed by atoms with Gasteiger partial charge in [-0.15, -0.1) is 0 Å². The van der Waals surface area contributed by atoms with E-state index < -0.39 is 0 Å². The van der Waals surface area contributed by atoms with Crippen LogP contribution in [0.25, 0.3) is 0 Å². The lowest BCUT2D eigenvalue weighted by atomic mass is 9.96. The summed E-state index contributed by atoms with van der Waals surface area (Å²) in [4.78, 5) is 32.4. The molecule has 0 aromatic heterocycles. The summed E-state index contributed by atoms with van der Waals surface area (Å²) in [7, 11) is 0. The van der Waals surface area contributed by atoms with Gasteiger partial charge in [0.2, 0.25) is 0 Å². The lowest BCUT2D eigenvalue weighted by Gasteiger charge is -2.51. The molecular weight excluding hydrogens is 649 g/mol. The molecule has 0 spiro atoms. The van der Waals surface area contributed by atoms with Crippen LogP contribution < -0.4 is 0 Å². The highest BCUT2D eigenvalue weighted by Crippen LogP contribution is 2.21. The predicted molar refractivity (Wildman–Crippen MR) is 218 cm³/mol. The second kappa shape index (κ2) is 20.6. The van der Waals surface area contributed by atoms with Crippen LogP contribution in [-0.4, -0.2) is 198 Å². The van der Waals surface area contributed by atoms with Gasteiger partial charge in [-0.25, -0.2) is 0 Å². The lowest BCUT2D eigenvalue weighted by molar-refractivity contribution is -0.139. The SMILES string of the molecule is CC(C)CN1CN(CC(C)C)CN(CN2CN(CN3CN(CC(C)C)CN(CC(C)C)C3)CN(CN3CN(CC(C)C)CN(CC(C)(C)C)C3)C2)C1. The minimum Gasteiger partial charge on any atom is -0.277 e. The lowest BCUT2D eigenvalue weighted by Crippen LogP contribution is -2.65. The van der Waals surface area contributed by atoms with Crippen molar-refractivity contribution in [3.63, 3.8) is 0 Å². The number of rotatable bonds is 17. The summed E-state index contributed by atoms with van der Waals surface area (Å²) in [5, 5.41) is 0. The zero-order chi connectivity index (χ0) is 38.2. The van der Waals surface area contributed by atoms with E-state index in [1.807, 2.05) is 0 Å². The molecule has 4 aliphatic rings. The van der Waals surface area contributed by atoms with E-state index in [0.717, 1.165) is 139 Å². The Bertz CT molecular complexity index is 914. The van der Waals surface area contributed by atoms with Crippen molar-refractivity contribution >= 4 is 0 Å².